The maximum absolute atomic E-state index is 13.3. The van der Waals surface area contributed by atoms with E-state index in [1.807, 2.05) is 30.3 Å². The lowest BCUT2D eigenvalue weighted by Crippen LogP contribution is -2.31. The van der Waals surface area contributed by atoms with Crippen LogP contribution in [0, 0.1) is 0 Å². The third-order valence-electron chi connectivity index (χ3n) is 5.56. The number of Topliss-reactive ketones (excluding diaryl/α,β-unsaturated/α-hetero) is 1. The highest BCUT2D eigenvalue weighted by atomic mass is 16.5. The van der Waals surface area contributed by atoms with Crippen molar-refractivity contribution in [1.82, 2.24) is 0 Å². The van der Waals surface area contributed by atoms with Crippen LogP contribution in [0.4, 0.5) is 5.69 Å². The molecule has 0 aromatic heterocycles. The predicted octanol–water partition coefficient (Wildman–Crippen LogP) is 4.50. The Labute approximate surface area is 186 Å². The molecule has 0 fully saturated rings. The maximum atomic E-state index is 13.3. The van der Waals surface area contributed by atoms with Crippen LogP contribution in [-0.4, -0.2) is 29.0 Å². The number of aliphatic hydroxyl groups is 1. The summed E-state index contributed by atoms with van der Waals surface area (Å²) in [6, 6.07) is 22.0. The van der Waals surface area contributed by atoms with E-state index in [4.69, 9.17) is 4.74 Å². The Bertz CT molecular complexity index is 1170. The van der Waals surface area contributed by atoms with Gasteiger partial charge < -0.3 is 14.9 Å². The first-order valence-electron chi connectivity index (χ1n) is 10.3. The second-order valence-corrected chi connectivity index (χ2v) is 7.51. The molecule has 6 nitrogen and oxygen atoms in total. The number of aliphatic hydroxyl groups excluding tert-OH is 1. The number of nitrogens with zero attached hydrogens (tertiary/aromatic N) is 1. The highest BCUT2D eigenvalue weighted by molar-refractivity contribution is 6.17. The van der Waals surface area contributed by atoms with Crippen molar-refractivity contribution in [1.29, 1.82) is 0 Å². The second-order valence-electron chi connectivity index (χ2n) is 7.51. The first-order valence-corrected chi connectivity index (χ1v) is 10.3. The van der Waals surface area contributed by atoms with E-state index in [0.29, 0.717) is 17.7 Å². The van der Waals surface area contributed by atoms with Crippen LogP contribution in [0.2, 0.25) is 0 Å². The third-order valence-corrected chi connectivity index (χ3v) is 5.56. The van der Waals surface area contributed by atoms with Gasteiger partial charge in [0.1, 0.15) is 11.5 Å². The zero-order valence-corrected chi connectivity index (χ0v) is 17.6. The average Bonchev–Trinajstić information content (AvgIpc) is 3.09. The number of phenols is 1. The molecule has 0 saturated carbocycles. The first-order chi connectivity index (χ1) is 15.5. The summed E-state index contributed by atoms with van der Waals surface area (Å²) in [7, 11) is 1.55. The SMILES string of the molecule is COc1ccc(C2C(C(=O)CCc3ccccc3)=C(O)C(=O)N2c2ccccc2O)cc1. The molecule has 4 rings (SSSR count). The fourth-order valence-corrected chi connectivity index (χ4v) is 3.95. The molecule has 162 valence electrons. The number of amides is 1. The number of ketones is 1. The number of hydrogen-bond donors (Lipinski definition) is 2. The number of methoxy groups -OCH3 is 1. The number of carbonyl (C=O) groups is 2. The molecule has 0 radical (unpaired) electrons. The summed E-state index contributed by atoms with van der Waals surface area (Å²) >= 11 is 0. The van der Waals surface area contributed by atoms with Crippen LogP contribution in [-0.2, 0) is 16.0 Å². The number of anilines is 1. The maximum Gasteiger partial charge on any atom is 0.294 e. The van der Waals surface area contributed by atoms with Crippen molar-refractivity contribution in [2.24, 2.45) is 0 Å². The van der Waals surface area contributed by atoms with Gasteiger partial charge in [-0.1, -0.05) is 54.6 Å². The number of aromatic hydroxyl groups is 1. The number of phenolic OH excluding ortho intramolecular Hbond substituents is 1. The van der Waals surface area contributed by atoms with E-state index >= 15 is 0 Å². The lowest BCUT2D eigenvalue weighted by Gasteiger charge is -2.27. The van der Waals surface area contributed by atoms with Crippen molar-refractivity contribution in [3.63, 3.8) is 0 Å². The van der Waals surface area contributed by atoms with Gasteiger partial charge in [-0.05, 0) is 41.8 Å². The van der Waals surface area contributed by atoms with Crippen LogP contribution in [0.1, 0.15) is 23.6 Å². The van der Waals surface area contributed by atoms with Gasteiger partial charge in [0, 0.05) is 6.42 Å². The van der Waals surface area contributed by atoms with Gasteiger partial charge in [0.2, 0.25) is 0 Å². The summed E-state index contributed by atoms with van der Waals surface area (Å²) in [4.78, 5) is 27.6. The van der Waals surface area contributed by atoms with E-state index in [0.717, 1.165) is 5.56 Å². The van der Waals surface area contributed by atoms with Crippen LogP contribution in [0.15, 0.2) is 90.2 Å². The van der Waals surface area contributed by atoms with Crippen LogP contribution < -0.4 is 9.64 Å². The molecule has 0 spiro atoms. The van der Waals surface area contributed by atoms with Crippen molar-refractivity contribution in [2.75, 3.05) is 12.0 Å². The number of aryl methyl sites for hydroxylation is 1. The fourth-order valence-electron chi connectivity index (χ4n) is 3.95. The summed E-state index contributed by atoms with van der Waals surface area (Å²) in [5, 5.41) is 21.1. The van der Waals surface area contributed by atoms with E-state index in [2.05, 4.69) is 0 Å². The number of rotatable bonds is 7. The van der Waals surface area contributed by atoms with Gasteiger partial charge in [0.05, 0.1) is 24.4 Å². The molecule has 1 unspecified atom stereocenters. The number of para-hydroxylation sites is 2. The lowest BCUT2D eigenvalue weighted by atomic mass is 9.93. The van der Waals surface area contributed by atoms with Crippen molar-refractivity contribution >= 4 is 17.4 Å². The lowest BCUT2D eigenvalue weighted by molar-refractivity contribution is -0.118. The number of benzene rings is 3. The van der Waals surface area contributed by atoms with Gasteiger partial charge in [0.25, 0.3) is 5.91 Å². The van der Waals surface area contributed by atoms with Gasteiger partial charge in [0.15, 0.2) is 11.5 Å². The number of ether oxygens (including phenoxy) is 1. The average molecular weight is 429 g/mol. The van der Waals surface area contributed by atoms with E-state index in [1.54, 1.807) is 49.6 Å². The molecular weight excluding hydrogens is 406 g/mol. The molecule has 32 heavy (non-hydrogen) atoms. The van der Waals surface area contributed by atoms with Crippen LogP contribution in [0.25, 0.3) is 0 Å². The van der Waals surface area contributed by atoms with Crippen LogP contribution in [0.5, 0.6) is 11.5 Å². The van der Waals surface area contributed by atoms with E-state index in [9.17, 15) is 19.8 Å². The van der Waals surface area contributed by atoms with Gasteiger partial charge >= 0.3 is 0 Å². The molecule has 3 aromatic carbocycles. The highest BCUT2D eigenvalue weighted by Crippen LogP contribution is 2.44. The standard InChI is InChI=1S/C26H23NO5/c1-32-19-14-12-18(13-15-19)24-23(22(29)16-11-17-7-3-2-4-8-17)25(30)26(31)27(24)20-9-5-6-10-21(20)28/h2-10,12-15,24,28,30H,11,16H2,1H3. The van der Waals surface area contributed by atoms with E-state index in [1.165, 1.54) is 11.0 Å². The second kappa shape index (κ2) is 8.98. The number of hydrogen-bond acceptors (Lipinski definition) is 5. The van der Waals surface area contributed by atoms with Gasteiger partial charge in [-0.15, -0.1) is 0 Å². The van der Waals surface area contributed by atoms with Gasteiger partial charge in [-0.2, -0.15) is 0 Å². The summed E-state index contributed by atoms with van der Waals surface area (Å²) in [5.41, 5.74) is 1.86. The van der Waals surface area contributed by atoms with Gasteiger partial charge in [-0.25, -0.2) is 0 Å². The summed E-state index contributed by atoms with van der Waals surface area (Å²) < 4.78 is 5.22. The first kappa shape index (κ1) is 21.2. The summed E-state index contributed by atoms with van der Waals surface area (Å²) in [6.07, 6.45) is 0.620. The molecule has 2 N–H and O–H groups in total. The van der Waals surface area contributed by atoms with Crippen LogP contribution >= 0.6 is 0 Å². The molecule has 1 atom stereocenters. The molecule has 3 aromatic rings. The van der Waals surface area contributed by atoms with Crippen molar-refractivity contribution < 1.29 is 24.5 Å². The molecule has 0 bridgehead atoms. The predicted molar refractivity (Wildman–Crippen MR) is 121 cm³/mol. The molecule has 1 amide bonds. The van der Waals surface area contributed by atoms with E-state index in [-0.39, 0.29) is 29.2 Å². The van der Waals surface area contributed by atoms with Crippen molar-refractivity contribution in [3.05, 3.63) is 101 Å². The fraction of sp³-hybridized carbons (Fsp3) is 0.154. The molecule has 1 aliphatic rings. The Balaban J connectivity index is 1.74. The minimum absolute atomic E-state index is 0.0272. The Morgan fingerprint density at radius 2 is 1.59 bits per heavy atom. The Hall–Kier alpha value is -4.06. The molecule has 0 saturated heterocycles. The third kappa shape index (κ3) is 3.95. The molecule has 1 heterocycles. The smallest absolute Gasteiger partial charge is 0.294 e. The van der Waals surface area contributed by atoms with Crippen LogP contribution in [0.3, 0.4) is 0 Å². The largest absolute Gasteiger partial charge is 0.506 e. The number of carbonyl (C=O) groups excluding carboxylic acids is 2. The van der Waals surface area contributed by atoms with Crippen molar-refractivity contribution in [2.45, 2.75) is 18.9 Å². The molecule has 6 heteroatoms. The Morgan fingerprint density at radius 1 is 0.938 bits per heavy atom. The molecule has 1 aliphatic heterocycles. The minimum atomic E-state index is -0.870. The minimum Gasteiger partial charge on any atom is -0.506 e. The monoisotopic (exact) mass is 429 g/mol. The summed E-state index contributed by atoms with van der Waals surface area (Å²) in [6.45, 7) is 0. The zero-order chi connectivity index (χ0) is 22.7. The zero-order valence-electron chi connectivity index (χ0n) is 17.6. The summed E-state index contributed by atoms with van der Waals surface area (Å²) in [5.74, 6) is -1.14. The van der Waals surface area contributed by atoms with Crippen molar-refractivity contribution in [3.8, 4) is 11.5 Å². The quantitative estimate of drug-likeness (QED) is 0.577. The Kier molecular flexibility index (Phi) is 5.94. The normalized spacial score (nSPS) is 15.8. The molecule has 0 aliphatic carbocycles. The highest BCUT2D eigenvalue weighted by Gasteiger charge is 2.44. The Morgan fingerprint density at radius 3 is 2.25 bits per heavy atom. The van der Waals surface area contributed by atoms with Gasteiger partial charge in [-0.3, -0.25) is 14.5 Å². The van der Waals surface area contributed by atoms with E-state index < -0.39 is 17.7 Å². The molecular formula is C26H23NO5. The topological polar surface area (TPSA) is 87.1 Å².